The van der Waals surface area contributed by atoms with Crippen LogP contribution in [0.15, 0.2) is 0 Å². The Morgan fingerprint density at radius 1 is 1.18 bits per heavy atom. The Balaban J connectivity index is 2.35. The van der Waals surface area contributed by atoms with Gasteiger partial charge in [-0.05, 0) is 0 Å². The van der Waals surface area contributed by atoms with E-state index in [9.17, 15) is 0 Å². The van der Waals surface area contributed by atoms with Crippen LogP contribution >= 0.6 is 17.8 Å². The molecule has 1 fully saturated rings. The van der Waals surface area contributed by atoms with E-state index in [4.69, 9.17) is 24.0 Å². The predicted molar refractivity (Wildman–Crippen MR) is 46.9 cm³/mol. The number of hydrogen-bond acceptors (Lipinski definition) is 3. The third kappa shape index (κ3) is 4.15. The Morgan fingerprint density at radius 3 is 2.09 bits per heavy atom. The monoisotopic (exact) mass is 307 g/mol. The molecule has 1 rings (SSSR count). The maximum absolute atomic E-state index is 5.81. The van der Waals surface area contributed by atoms with E-state index >= 15 is 0 Å². The van der Waals surface area contributed by atoms with Gasteiger partial charge in [-0.15, -0.1) is 0 Å². The Hall–Kier alpha value is 1.26. The van der Waals surface area contributed by atoms with Crippen molar-refractivity contribution in [3.8, 4) is 0 Å². The quantitative estimate of drug-likeness (QED) is 0.620. The second-order valence-electron chi connectivity index (χ2n) is 2.46. The van der Waals surface area contributed by atoms with Crippen LogP contribution in [0, 0.1) is 0 Å². The summed E-state index contributed by atoms with van der Waals surface area (Å²) in [6, 6.07) is 0. The van der Waals surface area contributed by atoms with E-state index in [2.05, 4.69) is 4.90 Å². The van der Waals surface area contributed by atoms with E-state index < -0.39 is 17.0 Å². The molecule has 1 aliphatic heterocycles. The molecule has 0 aromatic rings. The van der Waals surface area contributed by atoms with Crippen molar-refractivity contribution in [2.45, 2.75) is 0 Å². The predicted octanol–water partition coefficient (Wildman–Crippen LogP) is 0.878. The first-order valence-electron chi connectivity index (χ1n) is 3.44. The van der Waals surface area contributed by atoms with E-state index in [0.717, 1.165) is 13.1 Å². The van der Waals surface area contributed by atoms with Crippen molar-refractivity contribution in [1.82, 2.24) is 4.90 Å². The average Bonchev–Trinajstić information content (AvgIpc) is 1.83. The summed E-state index contributed by atoms with van der Waals surface area (Å²) in [4.78, 5) is 2.12. The molecule has 0 atom stereocenters. The van der Waals surface area contributed by atoms with Crippen molar-refractivity contribution >= 4 is 34.8 Å². The summed E-state index contributed by atoms with van der Waals surface area (Å²) < 4.78 is 10.4. The molecule has 1 aliphatic rings. The van der Waals surface area contributed by atoms with Crippen molar-refractivity contribution in [3.05, 3.63) is 0 Å². The van der Waals surface area contributed by atoms with Crippen molar-refractivity contribution in [2.24, 2.45) is 0 Å². The van der Waals surface area contributed by atoms with Crippen LogP contribution in [-0.4, -0.2) is 55.2 Å². The molecule has 0 aliphatic carbocycles. The zero-order valence-electron chi connectivity index (χ0n) is 6.35. The van der Waals surface area contributed by atoms with Crippen LogP contribution in [0.5, 0.6) is 0 Å². The molecule has 0 aromatic carbocycles. The number of rotatable bonds is 0. The zero-order chi connectivity index (χ0) is 8.32. The van der Waals surface area contributed by atoms with Crippen LogP contribution in [0.25, 0.3) is 0 Å². The van der Waals surface area contributed by atoms with E-state index in [-0.39, 0.29) is 0 Å². The van der Waals surface area contributed by atoms with Crippen LogP contribution in [-0.2, 0) is 6.15 Å². The van der Waals surface area contributed by atoms with Crippen LogP contribution in [0.3, 0.4) is 0 Å². The fraction of sp³-hybridized carbons (Fsp3) is 1.00. The summed E-state index contributed by atoms with van der Waals surface area (Å²) in [6.45, 7) is 2.92. The second kappa shape index (κ2) is 4.48. The van der Waals surface area contributed by atoms with Crippen LogP contribution < -0.4 is 0 Å². The Morgan fingerprint density at radius 2 is 1.64 bits per heavy atom. The van der Waals surface area contributed by atoms with Gasteiger partial charge in [0.1, 0.15) is 0 Å². The summed E-state index contributed by atoms with van der Waals surface area (Å²) >= 11 is -3.47. The molecule has 0 radical (unpaired) electrons. The fourth-order valence-electron chi connectivity index (χ4n) is 0.794. The Bertz CT molecular complexity index is 124. The summed E-state index contributed by atoms with van der Waals surface area (Å²) in [5, 5.41) is 0. The third-order valence-electron chi connectivity index (χ3n) is 1.49. The van der Waals surface area contributed by atoms with Crippen molar-refractivity contribution in [3.63, 3.8) is 0 Å². The van der Waals surface area contributed by atoms with Gasteiger partial charge >= 0.3 is 79.2 Å². The van der Waals surface area contributed by atoms with E-state index in [1.807, 2.05) is 7.05 Å². The molecular weight excluding hydrogens is 296 g/mol. The molecule has 0 amide bonds. The van der Waals surface area contributed by atoms with Gasteiger partial charge in [0.05, 0.1) is 0 Å². The fourth-order valence-corrected chi connectivity index (χ4v) is 4.98. The van der Waals surface area contributed by atoms with Gasteiger partial charge in [-0.3, -0.25) is 0 Å². The second-order valence-corrected chi connectivity index (χ2v) is 14.7. The van der Waals surface area contributed by atoms with Gasteiger partial charge in [0.2, 0.25) is 0 Å². The van der Waals surface area contributed by atoms with Gasteiger partial charge in [-0.1, -0.05) is 0 Å². The summed E-state index contributed by atoms with van der Waals surface area (Å²) in [7, 11) is 13.6. The molecule has 0 bridgehead atoms. The summed E-state index contributed by atoms with van der Waals surface area (Å²) in [5.41, 5.74) is 0. The first-order valence-corrected chi connectivity index (χ1v) is 13.0. The maximum atomic E-state index is 5.81. The number of likely N-dealkylation sites (N-methyl/N-ethyl adjacent to an activating group) is 1. The first kappa shape index (κ1) is 10.3. The molecular formula is C5H11Cl2NO2Sn. The van der Waals surface area contributed by atoms with Gasteiger partial charge in [0, 0.05) is 0 Å². The Labute approximate surface area is 78.9 Å². The molecule has 66 valence electrons. The number of hydrogen-bond donors (Lipinski definition) is 0. The van der Waals surface area contributed by atoms with E-state index in [1.165, 1.54) is 0 Å². The normalized spacial score (nSPS) is 27.5. The minimum atomic E-state index is -3.47. The molecule has 1 heterocycles. The molecule has 11 heavy (non-hydrogen) atoms. The number of nitrogens with zero attached hydrogens (tertiary/aromatic N) is 1. The van der Waals surface area contributed by atoms with Gasteiger partial charge in [0.15, 0.2) is 0 Å². The van der Waals surface area contributed by atoms with Crippen molar-refractivity contribution in [2.75, 3.05) is 33.4 Å². The molecule has 0 saturated carbocycles. The van der Waals surface area contributed by atoms with E-state index in [0.29, 0.717) is 13.2 Å². The summed E-state index contributed by atoms with van der Waals surface area (Å²) in [5.74, 6) is 0. The number of halogens is 2. The van der Waals surface area contributed by atoms with E-state index in [1.54, 1.807) is 0 Å². The van der Waals surface area contributed by atoms with Gasteiger partial charge in [0.25, 0.3) is 0 Å². The van der Waals surface area contributed by atoms with Crippen LogP contribution in [0.2, 0.25) is 0 Å². The minimum absolute atomic E-state index is 0.583. The molecule has 0 unspecified atom stereocenters. The van der Waals surface area contributed by atoms with Gasteiger partial charge in [-0.25, -0.2) is 0 Å². The van der Waals surface area contributed by atoms with Crippen molar-refractivity contribution in [1.29, 1.82) is 0 Å². The van der Waals surface area contributed by atoms with Gasteiger partial charge in [-0.2, -0.15) is 0 Å². The molecule has 1 saturated heterocycles. The average molecular weight is 307 g/mol. The third-order valence-corrected chi connectivity index (χ3v) is 7.50. The first-order chi connectivity index (χ1) is 5.10. The molecule has 6 heteroatoms. The standard InChI is InChI=1S/C5H11NO2.2ClH.Sn/c1-6(2-4-7)3-5-8;;;/h2-5H2,1H3;2*1H;/q-2;;;+4/p-2. The Kier molecular flexibility index (Phi) is 4.21. The molecule has 0 N–H and O–H groups in total. The van der Waals surface area contributed by atoms with Crippen LogP contribution in [0.1, 0.15) is 0 Å². The SMILES string of the molecule is CN1CC[O][Sn]([Cl])([Cl])[O]CC1. The van der Waals surface area contributed by atoms with Crippen molar-refractivity contribution < 1.29 is 6.15 Å². The zero-order valence-corrected chi connectivity index (χ0v) is 10.7. The summed E-state index contributed by atoms with van der Waals surface area (Å²) in [6.07, 6.45) is 0. The van der Waals surface area contributed by atoms with Gasteiger partial charge < -0.3 is 0 Å². The molecule has 0 aromatic heterocycles. The van der Waals surface area contributed by atoms with Crippen LogP contribution in [0.4, 0.5) is 0 Å². The molecule has 0 spiro atoms. The molecule has 3 nitrogen and oxygen atoms in total. The topological polar surface area (TPSA) is 21.7 Å².